The SMILES string of the molecule is Cn1cc(CNC2(C)CCOCC2)c(C(C)(C)C)n1. The second-order valence-corrected chi connectivity index (χ2v) is 6.95. The molecule has 1 N–H and O–H groups in total. The molecule has 0 spiro atoms. The van der Waals surface area contributed by atoms with Crippen LogP contribution in [0.5, 0.6) is 0 Å². The second kappa shape index (κ2) is 5.25. The molecular weight excluding hydrogens is 238 g/mol. The standard InChI is InChI=1S/C15H27N3O/c1-14(2,3)13-12(11-18(5)17-13)10-16-15(4)6-8-19-9-7-15/h11,16H,6-10H2,1-5H3. The predicted molar refractivity (Wildman–Crippen MR) is 77.2 cm³/mol. The van der Waals surface area contributed by atoms with E-state index in [1.165, 1.54) is 11.3 Å². The lowest BCUT2D eigenvalue weighted by atomic mass is 9.88. The van der Waals surface area contributed by atoms with Crippen LogP contribution in [0, 0.1) is 0 Å². The van der Waals surface area contributed by atoms with Gasteiger partial charge in [-0.1, -0.05) is 20.8 Å². The molecule has 4 heteroatoms. The highest BCUT2D eigenvalue weighted by Gasteiger charge is 2.28. The van der Waals surface area contributed by atoms with Gasteiger partial charge in [0.05, 0.1) is 5.69 Å². The summed E-state index contributed by atoms with van der Waals surface area (Å²) in [7, 11) is 1.99. The van der Waals surface area contributed by atoms with Gasteiger partial charge in [-0.15, -0.1) is 0 Å². The minimum atomic E-state index is 0.0921. The third-order valence-electron chi connectivity index (χ3n) is 3.92. The Morgan fingerprint density at radius 3 is 2.58 bits per heavy atom. The van der Waals surface area contributed by atoms with Crippen LogP contribution in [0.25, 0.3) is 0 Å². The van der Waals surface area contributed by atoms with E-state index in [0.717, 1.165) is 32.6 Å². The van der Waals surface area contributed by atoms with Gasteiger partial charge in [-0.05, 0) is 19.8 Å². The highest BCUT2D eigenvalue weighted by molar-refractivity contribution is 5.24. The molecule has 1 aromatic rings. The minimum Gasteiger partial charge on any atom is -0.381 e. The van der Waals surface area contributed by atoms with E-state index in [-0.39, 0.29) is 11.0 Å². The van der Waals surface area contributed by atoms with Crippen molar-refractivity contribution in [1.82, 2.24) is 15.1 Å². The fraction of sp³-hybridized carbons (Fsp3) is 0.800. The molecule has 1 aliphatic heterocycles. The Morgan fingerprint density at radius 2 is 2.00 bits per heavy atom. The zero-order valence-corrected chi connectivity index (χ0v) is 12.9. The van der Waals surface area contributed by atoms with Gasteiger partial charge in [-0.3, -0.25) is 4.68 Å². The summed E-state index contributed by atoms with van der Waals surface area (Å²) in [6.07, 6.45) is 4.30. The van der Waals surface area contributed by atoms with Crippen molar-refractivity contribution < 1.29 is 4.74 Å². The van der Waals surface area contributed by atoms with E-state index >= 15 is 0 Å². The number of ether oxygens (including phenoxy) is 1. The van der Waals surface area contributed by atoms with Gasteiger partial charge < -0.3 is 10.1 Å². The summed E-state index contributed by atoms with van der Waals surface area (Å²) < 4.78 is 7.36. The lowest BCUT2D eigenvalue weighted by Crippen LogP contribution is -2.46. The summed E-state index contributed by atoms with van der Waals surface area (Å²) in [5, 5.41) is 8.33. The van der Waals surface area contributed by atoms with Gasteiger partial charge in [0.1, 0.15) is 0 Å². The fourth-order valence-electron chi connectivity index (χ4n) is 2.61. The molecule has 1 aromatic heterocycles. The van der Waals surface area contributed by atoms with Crippen LogP contribution in [0.15, 0.2) is 6.20 Å². The molecule has 4 nitrogen and oxygen atoms in total. The highest BCUT2D eigenvalue weighted by atomic mass is 16.5. The number of aromatic nitrogens is 2. The molecule has 0 amide bonds. The van der Waals surface area contributed by atoms with Crippen molar-refractivity contribution in [3.8, 4) is 0 Å². The average Bonchev–Trinajstić information content (AvgIpc) is 2.69. The molecule has 19 heavy (non-hydrogen) atoms. The van der Waals surface area contributed by atoms with E-state index in [1.807, 2.05) is 11.7 Å². The number of nitrogens with zero attached hydrogens (tertiary/aromatic N) is 2. The van der Waals surface area contributed by atoms with Crippen molar-refractivity contribution in [2.75, 3.05) is 13.2 Å². The summed E-state index contributed by atoms with van der Waals surface area (Å²) >= 11 is 0. The monoisotopic (exact) mass is 265 g/mol. The van der Waals surface area contributed by atoms with Gasteiger partial charge in [0, 0.05) is 49.5 Å². The highest BCUT2D eigenvalue weighted by Crippen LogP contribution is 2.26. The van der Waals surface area contributed by atoms with Crippen molar-refractivity contribution in [3.63, 3.8) is 0 Å². The fourth-order valence-corrected chi connectivity index (χ4v) is 2.61. The summed E-state index contributed by atoms with van der Waals surface area (Å²) in [5.41, 5.74) is 2.79. The lowest BCUT2D eigenvalue weighted by molar-refractivity contribution is 0.0445. The van der Waals surface area contributed by atoms with Crippen LogP contribution < -0.4 is 5.32 Å². The van der Waals surface area contributed by atoms with Gasteiger partial charge in [0.15, 0.2) is 0 Å². The molecule has 2 heterocycles. The van der Waals surface area contributed by atoms with Crippen molar-refractivity contribution in [3.05, 3.63) is 17.5 Å². The molecule has 0 saturated carbocycles. The normalized spacial score (nSPS) is 19.6. The number of hydrogen-bond donors (Lipinski definition) is 1. The van der Waals surface area contributed by atoms with E-state index in [1.54, 1.807) is 0 Å². The third kappa shape index (κ3) is 3.57. The molecule has 0 aliphatic carbocycles. The summed E-state index contributed by atoms with van der Waals surface area (Å²) in [5.74, 6) is 0. The van der Waals surface area contributed by atoms with Crippen LogP contribution in [0.2, 0.25) is 0 Å². The van der Waals surface area contributed by atoms with Gasteiger partial charge in [0.2, 0.25) is 0 Å². The second-order valence-electron chi connectivity index (χ2n) is 6.95. The molecular formula is C15H27N3O. The van der Waals surface area contributed by atoms with Crippen LogP contribution in [0.3, 0.4) is 0 Å². The Bertz CT molecular complexity index is 425. The predicted octanol–water partition coefficient (Wildman–Crippen LogP) is 2.38. The molecule has 0 atom stereocenters. The van der Waals surface area contributed by atoms with Crippen LogP contribution in [0.1, 0.15) is 51.8 Å². The van der Waals surface area contributed by atoms with Crippen LogP contribution in [-0.4, -0.2) is 28.5 Å². The van der Waals surface area contributed by atoms with Crippen molar-refractivity contribution in [2.45, 2.75) is 58.0 Å². The van der Waals surface area contributed by atoms with Crippen LogP contribution >= 0.6 is 0 Å². The topological polar surface area (TPSA) is 39.1 Å². The molecule has 1 fully saturated rings. The van der Waals surface area contributed by atoms with Crippen LogP contribution in [0.4, 0.5) is 0 Å². The van der Waals surface area contributed by atoms with E-state index in [0.29, 0.717) is 0 Å². The molecule has 0 aromatic carbocycles. The Morgan fingerprint density at radius 1 is 1.37 bits per heavy atom. The zero-order chi connectivity index (χ0) is 14.1. The van der Waals surface area contributed by atoms with Gasteiger partial charge in [-0.2, -0.15) is 5.10 Å². The Balaban J connectivity index is 2.07. The minimum absolute atomic E-state index is 0.0921. The first-order valence-corrected chi connectivity index (χ1v) is 7.16. The lowest BCUT2D eigenvalue weighted by Gasteiger charge is -2.35. The smallest absolute Gasteiger partial charge is 0.0722 e. The summed E-state index contributed by atoms with van der Waals surface area (Å²) in [6.45, 7) is 11.6. The van der Waals surface area contributed by atoms with E-state index < -0.39 is 0 Å². The molecule has 2 rings (SSSR count). The van der Waals surface area contributed by atoms with E-state index in [4.69, 9.17) is 4.74 Å². The molecule has 0 radical (unpaired) electrons. The third-order valence-corrected chi connectivity index (χ3v) is 3.92. The summed E-state index contributed by atoms with van der Waals surface area (Å²) in [6, 6.07) is 0. The number of aryl methyl sites for hydroxylation is 1. The first-order chi connectivity index (χ1) is 8.80. The molecule has 108 valence electrons. The Hall–Kier alpha value is -0.870. The molecule has 1 saturated heterocycles. The average molecular weight is 265 g/mol. The van der Waals surface area contributed by atoms with Gasteiger partial charge in [-0.25, -0.2) is 0 Å². The maximum atomic E-state index is 5.44. The van der Waals surface area contributed by atoms with E-state index in [9.17, 15) is 0 Å². The Labute approximate surface area is 116 Å². The summed E-state index contributed by atoms with van der Waals surface area (Å²) in [4.78, 5) is 0. The first kappa shape index (κ1) is 14.5. The van der Waals surface area contributed by atoms with Crippen molar-refractivity contribution >= 4 is 0 Å². The van der Waals surface area contributed by atoms with Gasteiger partial charge in [0.25, 0.3) is 0 Å². The number of nitrogens with one attached hydrogen (secondary N) is 1. The van der Waals surface area contributed by atoms with Gasteiger partial charge >= 0.3 is 0 Å². The van der Waals surface area contributed by atoms with Crippen molar-refractivity contribution in [1.29, 1.82) is 0 Å². The van der Waals surface area contributed by atoms with Crippen molar-refractivity contribution in [2.24, 2.45) is 7.05 Å². The molecule has 1 aliphatic rings. The largest absolute Gasteiger partial charge is 0.381 e. The first-order valence-electron chi connectivity index (χ1n) is 7.16. The Kier molecular flexibility index (Phi) is 4.02. The zero-order valence-electron chi connectivity index (χ0n) is 12.9. The van der Waals surface area contributed by atoms with E-state index in [2.05, 4.69) is 44.3 Å². The quantitative estimate of drug-likeness (QED) is 0.912. The van der Waals surface area contributed by atoms with Crippen LogP contribution in [-0.2, 0) is 23.7 Å². The number of rotatable bonds is 3. The molecule has 0 bridgehead atoms. The maximum absolute atomic E-state index is 5.44. The molecule has 0 unspecified atom stereocenters. The number of hydrogen-bond acceptors (Lipinski definition) is 3. The maximum Gasteiger partial charge on any atom is 0.0722 e.